The number of rotatable bonds is 6. The molecule has 1 aromatic rings. The van der Waals surface area contributed by atoms with E-state index in [0.717, 1.165) is 7.53 Å². The van der Waals surface area contributed by atoms with Crippen molar-refractivity contribution in [3.05, 3.63) is 13.2 Å². The normalized spacial score (nSPS) is 22.4. The van der Waals surface area contributed by atoms with Gasteiger partial charge in [0.25, 0.3) is 0 Å². The van der Waals surface area contributed by atoms with Crippen molar-refractivity contribution in [2.24, 2.45) is 12.8 Å². The minimum Gasteiger partial charge on any atom is -0.368 e. The molecule has 3 heterocycles. The van der Waals surface area contributed by atoms with Gasteiger partial charge in [0.1, 0.15) is 21.8 Å². The van der Waals surface area contributed by atoms with E-state index >= 15 is 0 Å². The summed E-state index contributed by atoms with van der Waals surface area (Å²) < 4.78 is 3.51. The van der Waals surface area contributed by atoms with E-state index in [0.29, 0.717) is 31.5 Å². The van der Waals surface area contributed by atoms with Gasteiger partial charge in [0.2, 0.25) is 23.6 Å². The van der Waals surface area contributed by atoms with Crippen LogP contribution in [0.25, 0.3) is 0 Å². The Morgan fingerprint density at radius 2 is 2.07 bits per heavy atom. The molecular formula is C17H22I2N6O4. The third kappa shape index (κ3) is 4.83. The molecule has 0 radical (unpaired) electrons. The van der Waals surface area contributed by atoms with Crippen LogP contribution in [0.5, 0.6) is 0 Å². The Hall–Kier alpha value is -1.45. The van der Waals surface area contributed by atoms with E-state index in [1.54, 1.807) is 0 Å². The number of carbonyl (C=O) groups excluding carboxylic acids is 4. The van der Waals surface area contributed by atoms with Crippen LogP contribution in [0.1, 0.15) is 31.4 Å². The van der Waals surface area contributed by atoms with E-state index < -0.39 is 29.9 Å². The molecule has 12 heteroatoms. The molecule has 0 spiro atoms. The lowest BCUT2D eigenvalue weighted by Gasteiger charge is -2.28. The van der Waals surface area contributed by atoms with Gasteiger partial charge in [-0.3, -0.25) is 19.2 Å². The summed E-state index contributed by atoms with van der Waals surface area (Å²) >= 11 is 4.25. The highest BCUT2D eigenvalue weighted by molar-refractivity contribution is 14.1. The summed E-state index contributed by atoms with van der Waals surface area (Å²) in [5.41, 5.74) is 6.14. The Labute approximate surface area is 195 Å². The minimum atomic E-state index is -0.904. The molecule has 4 amide bonds. The molecular weight excluding hydrogens is 606 g/mol. The van der Waals surface area contributed by atoms with Gasteiger partial charge >= 0.3 is 0 Å². The molecule has 2 aliphatic rings. The van der Waals surface area contributed by atoms with Crippen LogP contribution in [0.2, 0.25) is 0 Å². The number of hydrogen-bond acceptors (Lipinski definition) is 5. The summed E-state index contributed by atoms with van der Waals surface area (Å²) in [5, 5.41) is 5.38. The fraction of sp³-hybridized carbons (Fsp3) is 0.588. The molecule has 0 aliphatic carbocycles. The third-order valence-corrected chi connectivity index (χ3v) is 7.54. The molecule has 0 aromatic carbocycles. The van der Waals surface area contributed by atoms with Crippen LogP contribution >= 0.6 is 45.2 Å². The van der Waals surface area contributed by atoms with E-state index in [-0.39, 0.29) is 24.7 Å². The number of halogens is 2. The Balaban J connectivity index is 1.83. The number of nitrogens with zero attached hydrogens (tertiary/aromatic N) is 3. The Morgan fingerprint density at radius 1 is 1.34 bits per heavy atom. The van der Waals surface area contributed by atoms with Crippen LogP contribution in [0.4, 0.5) is 0 Å². The topological polar surface area (TPSA) is 139 Å². The molecule has 4 N–H and O–H groups in total. The third-order valence-electron chi connectivity index (χ3n) is 5.22. The van der Waals surface area contributed by atoms with Crippen molar-refractivity contribution in [1.82, 2.24) is 25.1 Å². The van der Waals surface area contributed by atoms with Crippen molar-refractivity contribution < 1.29 is 19.2 Å². The van der Waals surface area contributed by atoms with E-state index in [9.17, 15) is 19.2 Å². The van der Waals surface area contributed by atoms with Gasteiger partial charge < -0.3 is 25.8 Å². The average Bonchev–Trinajstić information content (AvgIpc) is 3.38. The molecule has 2 fully saturated rings. The fourth-order valence-corrected chi connectivity index (χ4v) is 5.20. The van der Waals surface area contributed by atoms with E-state index in [4.69, 9.17) is 5.73 Å². The quantitative estimate of drug-likeness (QED) is 0.362. The van der Waals surface area contributed by atoms with Gasteiger partial charge in [0, 0.05) is 26.4 Å². The molecule has 2 aliphatic heterocycles. The maximum Gasteiger partial charge on any atom is 0.246 e. The first-order valence-corrected chi connectivity index (χ1v) is 11.4. The average molecular weight is 628 g/mol. The lowest BCUT2D eigenvalue weighted by atomic mass is 10.1. The second kappa shape index (κ2) is 9.14. The highest BCUT2D eigenvalue weighted by Crippen LogP contribution is 2.21. The first kappa shape index (κ1) is 22.2. The van der Waals surface area contributed by atoms with Gasteiger partial charge in [-0.05, 0) is 64.4 Å². The highest BCUT2D eigenvalue weighted by atomic mass is 127. The first-order valence-electron chi connectivity index (χ1n) is 9.25. The van der Waals surface area contributed by atoms with Gasteiger partial charge in [-0.15, -0.1) is 0 Å². The van der Waals surface area contributed by atoms with Gasteiger partial charge in [-0.2, -0.15) is 0 Å². The lowest BCUT2D eigenvalue weighted by Crippen LogP contribution is -2.56. The summed E-state index contributed by atoms with van der Waals surface area (Å²) in [5.74, 6) is -1.51. The van der Waals surface area contributed by atoms with Crippen LogP contribution in [0.15, 0.2) is 0 Å². The van der Waals surface area contributed by atoms with Crippen LogP contribution in [0, 0.1) is 7.53 Å². The van der Waals surface area contributed by atoms with Crippen molar-refractivity contribution in [2.45, 2.75) is 50.2 Å². The SMILES string of the molecule is Cn1c(I)nc(C[C@H](NC(=O)[C@@H]2CCC(=O)N2)C(=O)N2CCC[C@H]2C(N)=O)c1I. The summed E-state index contributed by atoms with van der Waals surface area (Å²) in [7, 11) is 1.87. The van der Waals surface area contributed by atoms with E-state index in [1.807, 2.05) is 11.6 Å². The fourth-order valence-electron chi connectivity index (χ4n) is 3.64. The van der Waals surface area contributed by atoms with E-state index in [2.05, 4.69) is 60.8 Å². The van der Waals surface area contributed by atoms with Crippen molar-refractivity contribution in [2.75, 3.05) is 6.54 Å². The second-order valence-electron chi connectivity index (χ2n) is 7.19. The zero-order chi connectivity index (χ0) is 21.3. The first-order chi connectivity index (χ1) is 13.7. The molecule has 29 heavy (non-hydrogen) atoms. The number of carbonyl (C=O) groups is 4. The molecule has 0 bridgehead atoms. The second-order valence-corrected chi connectivity index (χ2v) is 9.18. The molecule has 0 unspecified atom stereocenters. The lowest BCUT2D eigenvalue weighted by molar-refractivity contribution is -0.140. The minimum absolute atomic E-state index is 0.183. The van der Waals surface area contributed by atoms with Crippen LogP contribution in [-0.2, 0) is 32.6 Å². The van der Waals surface area contributed by atoms with Crippen LogP contribution in [0.3, 0.4) is 0 Å². The molecule has 2 saturated heterocycles. The molecule has 3 atom stereocenters. The van der Waals surface area contributed by atoms with Gasteiger partial charge in [-0.1, -0.05) is 0 Å². The zero-order valence-electron chi connectivity index (χ0n) is 15.8. The number of aromatic nitrogens is 2. The monoisotopic (exact) mass is 628 g/mol. The number of nitrogens with two attached hydrogens (primary N) is 1. The molecule has 158 valence electrons. The van der Waals surface area contributed by atoms with Crippen LogP contribution < -0.4 is 16.4 Å². The Kier molecular flexibility index (Phi) is 7.01. The van der Waals surface area contributed by atoms with Gasteiger partial charge in [0.15, 0.2) is 3.83 Å². The van der Waals surface area contributed by atoms with E-state index in [1.165, 1.54) is 4.90 Å². The number of hydrogen-bond donors (Lipinski definition) is 3. The number of likely N-dealkylation sites (tertiary alicyclic amines) is 1. The van der Waals surface area contributed by atoms with Crippen LogP contribution in [-0.4, -0.2) is 62.7 Å². The number of imidazole rings is 1. The molecule has 0 saturated carbocycles. The van der Waals surface area contributed by atoms with Gasteiger partial charge in [-0.25, -0.2) is 4.98 Å². The highest BCUT2D eigenvalue weighted by Gasteiger charge is 2.38. The van der Waals surface area contributed by atoms with Crippen molar-refractivity contribution >= 4 is 68.8 Å². The summed E-state index contributed by atoms with van der Waals surface area (Å²) in [6.45, 7) is 0.413. The van der Waals surface area contributed by atoms with Crippen molar-refractivity contribution in [3.8, 4) is 0 Å². The summed E-state index contributed by atoms with van der Waals surface area (Å²) in [6, 6.07) is -2.23. The predicted octanol–water partition coefficient (Wildman–Crippen LogP) is -0.588. The zero-order valence-corrected chi connectivity index (χ0v) is 20.1. The predicted molar refractivity (Wildman–Crippen MR) is 119 cm³/mol. The number of amides is 4. The maximum atomic E-state index is 13.3. The number of primary amides is 1. The molecule has 3 rings (SSSR count). The number of nitrogens with one attached hydrogen (secondary N) is 2. The molecule has 1 aromatic heterocycles. The van der Waals surface area contributed by atoms with Gasteiger partial charge in [0.05, 0.1) is 5.69 Å². The standard InChI is InChI=1S/C17H22I2N6O4/c1-24-13(18)9(23-17(24)19)7-10(22-15(28)8-4-5-12(26)21-8)16(29)25-6-2-3-11(25)14(20)27/h8,10-11H,2-7H2,1H3,(H2,20,27)(H,21,26)(H,22,28)/t8-,10-,11-/m0/s1. The Bertz CT molecular complexity index is 857. The summed E-state index contributed by atoms with van der Waals surface area (Å²) in [4.78, 5) is 55.1. The van der Waals surface area contributed by atoms with Crippen molar-refractivity contribution in [1.29, 1.82) is 0 Å². The Morgan fingerprint density at radius 3 is 2.62 bits per heavy atom. The smallest absolute Gasteiger partial charge is 0.246 e. The van der Waals surface area contributed by atoms with Crippen molar-refractivity contribution in [3.63, 3.8) is 0 Å². The molecule has 10 nitrogen and oxygen atoms in total. The maximum absolute atomic E-state index is 13.3. The summed E-state index contributed by atoms with van der Waals surface area (Å²) in [6.07, 6.45) is 2.04. The largest absolute Gasteiger partial charge is 0.368 e.